The van der Waals surface area contributed by atoms with Gasteiger partial charge in [-0.05, 0) is 0 Å². The Kier molecular flexibility index (Phi) is 5.97. The van der Waals surface area contributed by atoms with Crippen molar-refractivity contribution in [2.24, 2.45) is 5.41 Å². The van der Waals surface area contributed by atoms with Crippen molar-refractivity contribution in [2.75, 3.05) is 0 Å². The van der Waals surface area contributed by atoms with Crippen LogP contribution >= 0.6 is 0 Å². The van der Waals surface area contributed by atoms with Crippen LogP contribution in [0.15, 0.2) is 47.6 Å². The van der Waals surface area contributed by atoms with E-state index in [0.29, 0.717) is 5.92 Å². The summed E-state index contributed by atoms with van der Waals surface area (Å²) in [4.78, 5) is 0. The van der Waals surface area contributed by atoms with Crippen molar-refractivity contribution in [3.05, 3.63) is 58.8 Å². The van der Waals surface area contributed by atoms with Gasteiger partial charge < -0.3 is 0 Å². The van der Waals surface area contributed by atoms with Crippen LogP contribution in [0.25, 0.3) is 5.57 Å². The van der Waals surface area contributed by atoms with E-state index in [1.165, 1.54) is 25.7 Å². The standard InChI is InChI=1S/C15H19.C10H15.Hf/c1-3-7-12-11-13(8-4-2)15-10-6-5-9-14(12)15;1-7-6-10(4,5)9(3)8(7)2;/h5-6,9-10,12H,3-4,7-8H2,1-2H3;1-5H3;. The van der Waals surface area contributed by atoms with E-state index in [-0.39, 0.29) is 5.41 Å². The van der Waals surface area contributed by atoms with Crippen molar-refractivity contribution >= 4 is 5.57 Å². The molecule has 0 radical (unpaired) electrons. The molecule has 2 aliphatic carbocycles. The molecule has 0 aromatic heterocycles. The van der Waals surface area contributed by atoms with E-state index in [1.807, 2.05) is 6.66 Å². The Morgan fingerprint density at radius 3 is 2.23 bits per heavy atom. The van der Waals surface area contributed by atoms with Gasteiger partial charge in [-0.25, -0.2) is 0 Å². The molecule has 0 heterocycles. The Hall–Kier alpha value is -0.690. The summed E-state index contributed by atoms with van der Waals surface area (Å²) in [7, 11) is 0. The summed E-state index contributed by atoms with van der Waals surface area (Å²) in [6.45, 7) is 16.7. The Morgan fingerprint density at radius 2 is 1.65 bits per heavy atom. The third-order valence-electron chi connectivity index (χ3n) is 6.73. The molecule has 0 bridgehead atoms. The molecule has 3 rings (SSSR count). The zero-order valence-corrected chi connectivity index (χ0v) is 21.3. The van der Waals surface area contributed by atoms with Gasteiger partial charge in [-0.2, -0.15) is 0 Å². The van der Waals surface area contributed by atoms with Crippen LogP contribution in [0.5, 0.6) is 0 Å². The number of rotatable bonds is 6. The molecule has 26 heavy (non-hydrogen) atoms. The Labute approximate surface area is 172 Å². The second-order valence-electron chi connectivity index (χ2n) is 8.57. The van der Waals surface area contributed by atoms with Crippen molar-refractivity contribution in [1.82, 2.24) is 0 Å². The molecule has 138 valence electrons. The number of allylic oxidation sites excluding steroid dienone is 6. The Morgan fingerprint density at radius 1 is 0.962 bits per heavy atom. The van der Waals surface area contributed by atoms with E-state index in [2.05, 4.69) is 72.7 Å². The first-order valence-electron chi connectivity index (χ1n) is 10.3. The van der Waals surface area contributed by atoms with Gasteiger partial charge in [0.2, 0.25) is 0 Å². The van der Waals surface area contributed by atoms with Gasteiger partial charge in [-0.15, -0.1) is 0 Å². The van der Waals surface area contributed by atoms with Crippen LogP contribution in [0.2, 0.25) is 0 Å². The zero-order valence-electron chi connectivity index (χ0n) is 17.7. The fourth-order valence-electron chi connectivity index (χ4n) is 4.84. The van der Waals surface area contributed by atoms with Crippen LogP contribution in [0, 0.1) is 5.41 Å². The molecular weight excluding hydrogens is 479 g/mol. The van der Waals surface area contributed by atoms with Crippen LogP contribution in [0.1, 0.15) is 91.2 Å². The zero-order chi connectivity index (χ0) is 19.1. The first-order chi connectivity index (χ1) is 12.3. The number of hydrogen-bond donors (Lipinski definition) is 0. The second-order valence-corrected chi connectivity index (χ2v) is 13.2. The quantitative estimate of drug-likeness (QED) is 0.341. The van der Waals surface area contributed by atoms with E-state index in [0.717, 1.165) is 0 Å². The predicted octanol–water partition coefficient (Wildman–Crippen LogP) is 7.83. The fourth-order valence-corrected chi connectivity index (χ4v) is 12.1. The molecule has 0 saturated carbocycles. The van der Waals surface area contributed by atoms with Crippen molar-refractivity contribution in [3.8, 4) is 0 Å². The summed E-state index contributed by atoms with van der Waals surface area (Å²) in [5.41, 5.74) is 10.1. The first-order valence-corrected chi connectivity index (χ1v) is 13.9. The number of fused-ring (bicyclic) bond motifs is 1. The predicted molar refractivity (Wildman–Crippen MR) is 111 cm³/mol. The van der Waals surface area contributed by atoms with Gasteiger partial charge in [0.1, 0.15) is 0 Å². The summed E-state index contributed by atoms with van der Waals surface area (Å²) in [5.74, 6) is 0.707. The van der Waals surface area contributed by atoms with Gasteiger partial charge in [0, 0.05) is 0 Å². The molecular formula is C25H34Hf. The molecule has 0 spiro atoms. The van der Waals surface area contributed by atoms with E-state index < -0.39 is 22.9 Å². The fraction of sp³-hybridized carbons (Fsp3) is 0.520. The van der Waals surface area contributed by atoms with Crippen LogP contribution in [0.4, 0.5) is 0 Å². The maximum absolute atomic E-state index is 2.47. The SMILES string of the molecule is CCCC1=[C]([Hf][C]2=C(C)C(C)=C(C)C2(C)C)C(CCC)c2ccccc21. The van der Waals surface area contributed by atoms with Crippen molar-refractivity contribution in [2.45, 2.75) is 80.1 Å². The molecule has 1 aromatic carbocycles. The van der Waals surface area contributed by atoms with Gasteiger partial charge in [-0.3, -0.25) is 0 Å². The molecule has 0 amide bonds. The van der Waals surface area contributed by atoms with E-state index in [9.17, 15) is 0 Å². The topological polar surface area (TPSA) is 0 Å². The molecule has 0 fully saturated rings. The van der Waals surface area contributed by atoms with Crippen LogP contribution in [0.3, 0.4) is 0 Å². The average Bonchev–Trinajstić information content (AvgIpc) is 2.98. The van der Waals surface area contributed by atoms with Crippen LogP contribution in [-0.2, 0) is 22.9 Å². The summed E-state index contributed by atoms with van der Waals surface area (Å²) in [5, 5.41) is 0. The van der Waals surface area contributed by atoms with Crippen molar-refractivity contribution < 1.29 is 22.9 Å². The molecule has 1 aromatic rings. The van der Waals surface area contributed by atoms with Crippen molar-refractivity contribution in [1.29, 1.82) is 0 Å². The van der Waals surface area contributed by atoms with Gasteiger partial charge in [-0.1, -0.05) is 0 Å². The number of hydrogen-bond acceptors (Lipinski definition) is 0. The Balaban J connectivity index is 2.08. The van der Waals surface area contributed by atoms with Gasteiger partial charge in [0.15, 0.2) is 0 Å². The summed E-state index contributed by atoms with van der Waals surface area (Å²) < 4.78 is 3.77. The van der Waals surface area contributed by atoms with E-state index in [4.69, 9.17) is 0 Å². The van der Waals surface area contributed by atoms with E-state index >= 15 is 0 Å². The Bertz CT molecular complexity index is 801. The normalized spacial score (nSPS) is 21.7. The molecule has 0 aliphatic heterocycles. The third-order valence-corrected chi connectivity index (χ3v) is 14.5. The van der Waals surface area contributed by atoms with Crippen LogP contribution < -0.4 is 0 Å². The summed E-state index contributed by atoms with van der Waals surface area (Å²) >= 11 is -1.07. The number of benzene rings is 1. The minimum absolute atomic E-state index is 0.285. The van der Waals surface area contributed by atoms with Crippen LogP contribution in [-0.4, -0.2) is 0 Å². The molecule has 1 heteroatoms. The molecule has 0 nitrogen and oxygen atoms in total. The second kappa shape index (κ2) is 7.74. The molecule has 1 unspecified atom stereocenters. The van der Waals surface area contributed by atoms with E-state index in [1.54, 1.807) is 33.4 Å². The summed E-state index contributed by atoms with van der Waals surface area (Å²) in [6, 6.07) is 9.31. The van der Waals surface area contributed by atoms with Gasteiger partial charge in [0.25, 0.3) is 0 Å². The van der Waals surface area contributed by atoms with Crippen molar-refractivity contribution in [3.63, 3.8) is 0 Å². The molecule has 0 N–H and O–H groups in total. The molecule has 1 atom stereocenters. The minimum atomic E-state index is -1.07. The molecule has 2 aliphatic rings. The monoisotopic (exact) mass is 514 g/mol. The summed E-state index contributed by atoms with van der Waals surface area (Å²) in [6.07, 6.45) is 5.12. The van der Waals surface area contributed by atoms with Gasteiger partial charge in [0.05, 0.1) is 0 Å². The maximum atomic E-state index is 2.47. The van der Waals surface area contributed by atoms with Gasteiger partial charge >= 0.3 is 173 Å². The first kappa shape index (κ1) is 20.1. The average molecular weight is 513 g/mol. The third kappa shape index (κ3) is 3.19. The molecule has 0 saturated heterocycles.